The molecule has 1 aromatic rings. The van der Waals surface area contributed by atoms with E-state index in [0.717, 1.165) is 19.6 Å². The Bertz CT molecular complexity index is 668. The third kappa shape index (κ3) is 5.01. The number of esters is 1. The van der Waals surface area contributed by atoms with E-state index in [2.05, 4.69) is 29.2 Å². The van der Waals surface area contributed by atoms with Crippen LogP contribution in [0.15, 0.2) is 24.3 Å². The predicted molar refractivity (Wildman–Crippen MR) is 102 cm³/mol. The monoisotopic (exact) mass is 374 g/mol. The van der Waals surface area contributed by atoms with Gasteiger partial charge in [0, 0.05) is 38.6 Å². The molecular formula is C21H30N2O4. The molecule has 2 aliphatic heterocycles. The molecule has 0 spiro atoms. The molecule has 0 aliphatic carbocycles. The zero-order valence-electron chi connectivity index (χ0n) is 16.7. The van der Waals surface area contributed by atoms with Gasteiger partial charge in [0.1, 0.15) is 5.60 Å². The zero-order chi connectivity index (χ0) is 19.6. The standard InChI is InChI=1S/C21H30N2O4/c1-5-26-19(24)18-11-22(12-18)10-15-6-8-16(9-7-15)17-13-23(14-17)20(25)27-21(2,3)4/h6-9,17-18H,5,10-14H2,1-4H3. The molecule has 2 heterocycles. The van der Waals surface area contributed by atoms with Crippen LogP contribution < -0.4 is 0 Å². The van der Waals surface area contributed by atoms with E-state index in [-0.39, 0.29) is 18.0 Å². The molecule has 0 saturated carbocycles. The van der Waals surface area contributed by atoms with E-state index in [1.165, 1.54) is 11.1 Å². The topological polar surface area (TPSA) is 59.1 Å². The maximum Gasteiger partial charge on any atom is 0.410 e. The van der Waals surface area contributed by atoms with E-state index >= 15 is 0 Å². The molecule has 6 heteroatoms. The summed E-state index contributed by atoms with van der Waals surface area (Å²) in [7, 11) is 0. The van der Waals surface area contributed by atoms with Gasteiger partial charge >= 0.3 is 12.1 Å². The summed E-state index contributed by atoms with van der Waals surface area (Å²) in [6.45, 7) is 11.8. The molecule has 27 heavy (non-hydrogen) atoms. The minimum Gasteiger partial charge on any atom is -0.466 e. The highest BCUT2D eigenvalue weighted by Crippen LogP contribution is 2.29. The molecule has 1 amide bonds. The van der Waals surface area contributed by atoms with E-state index in [4.69, 9.17) is 9.47 Å². The molecule has 148 valence electrons. The van der Waals surface area contributed by atoms with Crippen LogP contribution >= 0.6 is 0 Å². The van der Waals surface area contributed by atoms with Gasteiger partial charge < -0.3 is 14.4 Å². The van der Waals surface area contributed by atoms with E-state index in [1.807, 2.05) is 27.7 Å². The van der Waals surface area contributed by atoms with Gasteiger partial charge in [0.05, 0.1) is 12.5 Å². The van der Waals surface area contributed by atoms with Crippen LogP contribution in [0, 0.1) is 5.92 Å². The van der Waals surface area contributed by atoms with E-state index in [1.54, 1.807) is 4.90 Å². The van der Waals surface area contributed by atoms with Crippen molar-refractivity contribution in [3.63, 3.8) is 0 Å². The minimum atomic E-state index is -0.451. The number of carbonyl (C=O) groups excluding carboxylic acids is 2. The summed E-state index contributed by atoms with van der Waals surface area (Å²) >= 11 is 0. The van der Waals surface area contributed by atoms with Crippen LogP contribution in [0.4, 0.5) is 4.79 Å². The number of hydrogen-bond donors (Lipinski definition) is 0. The number of ether oxygens (including phenoxy) is 2. The Hall–Kier alpha value is -2.08. The predicted octanol–water partition coefficient (Wildman–Crippen LogP) is 3.02. The summed E-state index contributed by atoms with van der Waals surface area (Å²) < 4.78 is 10.5. The molecule has 0 atom stereocenters. The second kappa shape index (κ2) is 7.89. The van der Waals surface area contributed by atoms with Gasteiger partial charge in [-0.05, 0) is 38.8 Å². The number of likely N-dealkylation sites (tertiary alicyclic amines) is 2. The van der Waals surface area contributed by atoms with Crippen molar-refractivity contribution in [2.24, 2.45) is 5.92 Å². The van der Waals surface area contributed by atoms with Crippen LogP contribution in [-0.4, -0.2) is 60.2 Å². The van der Waals surface area contributed by atoms with Crippen LogP contribution in [0.25, 0.3) is 0 Å². The highest BCUT2D eigenvalue weighted by atomic mass is 16.6. The molecule has 3 rings (SSSR count). The molecule has 0 bridgehead atoms. The highest BCUT2D eigenvalue weighted by molar-refractivity contribution is 5.74. The third-order valence-electron chi connectivity index (χ3n) is 4.97. The molecule has 0 radical (unpaired) electrons. The first-order valence-electron chi connectivity index (χ1n) is 9.71. The van der Waals surface area contributed by atoms with Crippen LogP contribution in [-0.2, 0) is 20.8 Å². The Labute approximate surface area is 161 Å². The maximum absolute atomic E-state index is 12.0. The molecule has 6 nitrogen and oxygen atoms in total. The van der Waals surface area contributed by atoms with Crippen molar-refractivity contribution in [3.8, 4) is 0 Å². The van der Waals surface area contributed by atoms with Gasteiger partial charge in [-0.3, -0.25) is 9.69 Å². The third-order valence-corrected chi connectivity index (χ3v) is 4.97. The Morgan fingerprint density at radius 1 is 1.07 bits per heavy atom. The number of rotatable bonds is 5. The number of amides is 1. The summed E-state index contributed by atoms with van der Waals surface area (Å²) in [5.41, 5.74) is 2.04. The van der Waals surface area contributed by atoms with Crippen LogP contribution in [0.1, 0.15) is 44.7 Å². The van der Waals surface area contributed by atoms with Crippen molar-refractivity contribution >= 4 is 12.1 Å². The van der Waals surface area contributed by atoms with E-state index in [9.17, 15) is 9.59 Å². The summed E-state index contributed by atoms with van der Waals surface area (Å²) in [5.74, 6) is 0.324. The molecule has 0 unspecified atom stereocenters. The summed E-state index contributed by atoms with van der Waals surface area (Å²) in [4.78, 5) is 27.7. The lowest BCUT2D eigenvalue weighted by Crippen LogP contribution is -2.50. The Kier molecular flexibility index (Phi) is 5.75. The molecular weight excluding hydrogens is 344 g/mol. The second-order valence-corrected chi connectivity index (χ2v) is 8.47. The summed E-state index contributed by atoms with van der Waals surface area (Å²) in [5, 5.41) is 0. The van der Waals surface area contributed by atoms with Crippen molar-refractivity contribution in [1.82, 2.24) is 9.80 Å². The average molecular weight is 374 g/mol. The summed E-state index contributed by atoms with van der Waals surface area (Å²) in [6.07, 6.45) is -0.232. The first kappa shape index (κ1) is 19.7. The fourth-order valence-corrected chi connectivity index (χ4v) is 3.43. The Morgan fingerprint density at radius 3 is 2.26 bits per heavy atom. The van der Waals surface area contributed by atoms with Gasteiger partial charge in [0.25, 0.3) is 0 Å². The molecule has 0 N–H and O–H groups in total. The largest absolute Gasteiger partial charge is 0.466 e. The number of benzene rings is 1. The fraction of sp³-hybridized carbons (Fsp3) is 0.619. The molecule has 0 aromatic heterocycles. The lowest BCUT2D eigenvalue weighted by molar-refractivity contribution is -0.154. The number of carbonyl (C=O) groups is 2. The van der Waals surface area contributed by atoms with Gasteiger partial charge in [-0.2, -0.15) is 0 Å². The van der Waals surface area contributed by atoms with Gasteiger partial charge in [-0.25, -0.2) is 4.79 Å². The van der Waals surface area contributed by atoms with Gasteiger partial charge in [0.15, 0.2) is 0 Å². The minimum absolute atomic E-state index is 0.0260. The smallest absolute Gasteiger partial charge is 0.410 e. The molecule has 1 aromatic carbocycles. The van der Waals surface area contributed by atoms with Crippen molar-refractivity contribution in [2.75, 3.05) is 32.8 Å². The van der Waals surface area contributed by atoms with Crippen LogP contribution in [0.2, 0.25) is 0 Å². The van der Waals surface area contributed by atoms with Crippen molar-refractivity contribution in [3.05, 3.63) is 35.4 Å². The van der Waals surface area contributed by atoms with Gasteiger partial charge in [0.2, 0.25) is 0 Å². The molecule has 2 fully saturated rings. The number of hydrogen-bond acceptors (Lipinski definition) is 5. The van der Waals surface area contributed by atoms with Crippen molar-refractivity contribution in [1.29, 1.82) is 0 Å². The first-order chi connectivity index (χ1) is 12.7. The van der Waals surface area contributed by atoms with Gasteiger partial charge in [-0.15, -0.1) is 0 Å². The Morgan fingerprint density at radius 2 is 1.70 bits per heavy atom. The SMILES string of the molecule is CCOC(=O)C1CN(Cc2ccc(C3CN(C(=O)OC(C)(C)C)C3)cc2)C1. The lowest BCUT2D eigenvalue weighted by Gasteiger charge is -2.40. The Balaban J connectivity index is 1.42. The first-order valence-corrected chi connectivity index (χ1v) is 9.71. The quantitative estimate of drug-likeness (QED) is 0.742. The second-order valence-electron chi connectivity index (χ2n) is 8.47. The lowest BCUT2D eigenvalue weighted by atomic mass is 9.91. The molecule has 2 saturated heterocycles. The van der Waals surface area contributed by atoms with E-state index < -0.39 is 5.60 Å². The van der Waals surface area contributed by atoms with E-state index in [0.29, 0.717) is 25.6 Å². The number of nitrogens with zero attached hydrogens (tertiary/aromatic N) is 2. The van der Waals surface area contributed by atoms with Gasteiger partial charge in [-0.1, -0.05) is 24.3 Å². The average Bonchev–Trinajstić information content (AvgIpc) is 2.48. The normalized spacial score (nSPS) is 18.6. The van der Waals surface area contributed by atoms with Crippen LogP contribution in [0.3, 0.4) is 0 Å². The van der Waals surface area contributed by atoms with Crippen molar-refractivity contribution in [2.45, 2.75) is 45.8 Å². The maximum atomic E-state index is 12.0. The highest BCUT2D eigenvalue weighted by Gasteiger charge is 2.35. The zero-order valence-corrected chi connectivity index (χ0v) is 16.7. The summed E-state index contributed by atoms with van der Waals surface area (Å²) in [6, 6.07) is 8.58. The fourth-order valence-electron chi connectivity index (χ4n) is 3.43. The molecule has 2 aliphatic rings. The van der Waals surface area contributed by atoms with Crippen LogP contribution in [0.5, 0.6) is 0 Å². The van der Waals surface area contributed by atoms with Crippen molar-refractivity contribution < 1.29 is 19.1 Å².